The van der Waals surface area contributed by atoms with Gasteiger partial charge in [0.2, 0.25) is 0 Å². The summed E-state index contributed by atoms with van der Waals surface area (Å²) in [5.74, 6) is 0.598. The van der Waals surface area contributed by atoms with Crippen molar-refractivity contribution in [2.45, 2.75) is 13.5 Å². The largest absolute Gasteiger partial charge is 0.497 e. The van der Waals surface area contributed by atoms with Gasteiger partial charge in [0.1, 0.15) is 5.75 Å². The first-order valence-electron chi connectivity index (χ1n) is 9.11. The van der Waals surface area contributed by atoms with Crippen LogP contribution in [0.3, 0.4) is 0 Å². The number of ether oxygens (including phenoxy) is 1. The first-order chi connectivity index (χ1) is 14.0. The van der Waals surface area contributed by atoms with Gasteiger partial charge in [0.25, 0.3) is 5.91 Å². The van der Waals surface area contributed by atoms with Crippen LogP contribution in [0.4, 0.5) is 5.13 Å². The molecule has 1 heterocycles. The summed E-state index contributed by atoms with van der Waals surface area (Å²) in [5, 5.41) is 1.32. The number of nitrogens with zero attached hydrogens (tertiary/aromatic N) is 2. The summed E-state index contributed by atoms with van der Waals surface area (Å²) in [4.78, 5) is 19.9. The van der Waals surface area contributed by atoms with E-state index in [1.54, 1.807) is 36.3 Å². The van der Waals surface area contributed by atoms with Crippen molar-refractivity contribution in [3.8, 4) is 5.75 Å². The topological polar surface area (TPSA) is 42.4 Å². The van der Waals surface area contributed by atoms with Gasteiger partial charge in [-0.3, -0.25) is 9.69 Å². The number of hydrogen-bond acceptors (Lipinski definition) is 4. The van der Waals surface area contributed by atoms with Gasteiger partial charge in [-0.2, -0.15) is 0 Å². The quantitative estimate of drug-likeness (QED) is 0.389. The zero-order valence-electron chi connectivity index (χ0n) is 16.1. The van der Waals surface area contributed by atoms with Crippen molar-refractivity contribution >= 4 is 44.2 Å². The number of aromatic nitrogens is 1. The molecule has 0 fully saturated rings. The molecule has 4 nitrogen and oxygen atoms in total. The lowest BCUT2D eigenvalue weighted by Gasteiger charge is -2.20. The summed E-state index contributed by atoms with van der Waals surface area (Å²) in [7, 11) is 1.60. The van der Waals surface area contributed by atoms with Crippen molar-refractivity contribution in [3.05, 3.63) is 88.4 Å². The highest BCUT2D eigenvalue weighted by atomic mass is 35.5. The van der Waals surface area contributed by atoms with Gasteiger partial charge < -0.3 is 4.74 Å². The minimum Gasteiger partial charge on any atom is -0.497 e. The SMILES string of the molecule is COc1ccc(C(=O)N(Cc2ccccc2)c2nc3c(C)cc(Cl)cc3s2)cc1. The Morgan fingerprint density at radius 3 is 2.52 bits per heavy atom. The number of carbonyl (C=O) groups is 1. The van der Waals surface area contributed by atoms with Crippen LogP contribution in [-0.4, -0.2) is 18.0 Å². The molecule has 0 bridgehead atoms. The highest BCUT2D eigenvalue weighted by molar-refractivity contribution is 7.22. The Labute approximate surface area is 178 Å². The Kier molecular flexibility index (Phi) is 5.51. The van der Waals surface area contributed by atoms with E-state index in [0.29, 0.717) is 28.0 Å². The predicted octanol–water partition coefficient (Wildman–Crippen LogP) is 6.11. The van der Waals surface area contributed by atoms with E-state index >= 15 is 0 Å². The molecule has 0 saturated carbocycles. The molecular formula is C23H19ClN2O2S. The first-order valence-corrected chi connectivity index (χ1v) is 10.3. The smallest absolute Gasteiger partial charge is 0.260 e. The number of amides is 1. The van der Waals surface area contributed by atoms with Gasteiger partial charge >= 0.3 is 0 Å². The summed E-state index contributed by atoms with van der Waals surface area (Å²) in [6.07, 6.45) is 0. The third-order valence-corrected chi connectivity index (χ3v) is 5.88. The molecule has 1 amide bonds. The Morgan fingerprint density at radius 1 is 1.10 bits per heavy atom. The van der Waals surface area contributed by atoms with E-state index in [4.69, 9.17) is 21.3 Å². The number of rotatable bonds is 5. The fourth-order valence-electron chi connectivity index (χ4n) is 3.14. The summed E-state index contributed by atoms with van der Waals surface area (Å²) in [5.41, 5.74) is 3.47. The molecule has 0 aliphatic heterocycles. The number of halogens is 1. The Balaban J connectivity index is 1.77. The van der Waals surface area contributed by atoms with Gasteiger partial charge in [-0.15, -0.1) is 0 Å². The number of aryl methyl sites for hydroxylation is 1. The second-order valence-electron chi connectivity index (χ2n) is 6.67. The van der Waals surface area contributed by atoms with Crippen molar-refractivity contribution in [3.63, 3.8) is 0 Å². The van der Waals surface area contributed by atoms with E-state index in [1.165, 1.54) is 11.3 Å². The Morgan fingerprint density at radius 2 is 1.83 bits per heavy atom. The summed E-state index contributed by atoms with van der Waals surface area (Å²) in [6.45, 7) is 2.41. The van der Waals surface area contributed by atoms with E-state index in [0.717, 1.165) is 21.3 Å². The first kappa shape index (κ1) is 19.4. The summed E-state index contributed by atoms with van der Waals surface area (Å²) >= 11 is 7.68. The van der Waals surface area contributed by atoms with Crippen LogP contribution in [0.2, 0.25) is 5.02 Å². The Hall–Kier alpha value is -2.89. The standard InChI is InChI=1S/C23H19ClN2O2S/c1-15-12-18(24)13-20-21(15)25-23(29-20)26(14-16-6-4-3-5-7-16)22(27)17-8-10-19(28-2)11-9-17/h3-13H,14H2,1-2H3. The number of benzene rings is 3. The second-order valence-corrected chi connectivity index (χ2v) is 8.12. The van der Waals surface area contributed by atoms with Crippen LogP contribution < -0.4 is 9.64 Å². The van der Waals surface area contributed by atoms with E-state index in [9.17, 15) is 4.79 Å². The van der Waals surface area contributed by atoms with Crippen LogP contribution in [0.5, 0.6) is 5.75 Å². The molecule has 3 aromatic carbocycles. The molecule has 29 heavy (non-hydrogen) atoms. The number of fused-ring (bicyclic) bond motifs is 1. The fourth-order valence-corrected chi connectivity index (χ4v) is 4.56. The maximum Gasteiger partial charge on any atom is 0.260 e. The molecule has 0 N–H and O–H groups in total. The second kappa shape index (κ2) is 8.23. The molecule has 0 radical (unpaired) electrons. The lowest BCUT2D eigenvalue weighted by molar-refractivity contribution is 0.0985. The highest BCUT2D eigenvalue weighted by Crippen LogP contribution is 2.34. The molecule has 0 atom stereocenters. The van der Waals surface area contributed by atoms with E-state index < -0.39 is 0 Å². The van der Waals surface area contributed by atoms with Crippen molar-refractivity contribution in [2.24, 2.45) is 0 Å². The van der Waals surface area contributed by atoms with Crippen LogP contribution in [0.15, 0.2) is 66.7 Å². The number of thiazole rings is 1. The number of methoxy groups -OCH3 is 1. The van der Waals surface area contributed by atoms with Gasteiger partial charge in [0.15, 0.2) is 5.13 Å². The zero-order valence-corrected chi connectivity index (χ0v) is 17.6. The van der Waals surface area contributed by atoms with Crippen molar-refractivity contribution in [2.75, 3.05) is 12.0 Å². The van der Waals surface area contributed by atoms with Gasteiger partial charge in [0.05, 0.1) is 23.9 Å². The molecular weight excluding hydrogens is 404 g/mol. The maximum absolute atomic E-state index is 13.4. The van der Waals surface area contributed by atoms with Crippen LogP contribution in [-0.2, 0) is 6.54 Å². The molecule has 0 aliphatic carbocycles. The van der Waals surface area contributed by atoms with Crippen molar-refractivity contribution in [1.29, 1.82) is 0 Å². The molecule has 1 aromatic heterocycles. The minimum atomic E-state index is -0.112. The zero-order chi connectivity index (χ0) is 20.4. The normalized spacial score (nSPS) is 10.9. The van der Waals surface area contributed by atoms with E-state index in [-0.39, 0.29) is 5.91 Å². The average molecular weight is 423 g/mol. The summed E-state index contributed by atoms with van der Waals surface area (Å²) < 4.78 is 6.17. The summed E-state index contributed by atoms with van der Waals surface area (Å²) in [6, 6.07) is 20.8. The molecule has 0 aliphatic rings. The molecule has 6 heteroatoms. The maximum atomic E-state index is 13.4. The van der Waals surface area contributed by atoms with Crippen LogP contribution in [0.25, 0.3) is 10.2 Å². The highest BCUT2D eigenvalue weighted by Gasteiger charge is 2.22. The van der Waals surface area contributed by atoms with Crippen molar-refractivity contribution in [1.82, 2.24) is 4.98 Å². The van der Waals surface area contributed by atoms with Crippen LogP contribution in [0, 0.1) is 6.92 Å². The third-order valence-electron chi connectivity index (χ3n) is 4.64. The predicted molar refractivity (Wildman–Crippen MR) is 119 cm³/mol. The van der Waals surface area contributed by atoms with Crippen LogP contribution in [0.1, 0.15) is 21.5 Å². The van der Waals surface area contributed by atoms with Gasteiger partial charge in [0, 0.05) is 10.6 Å². The molecule has 4 aromatic rings. The molecule has 146 valence electrons. The number of carbonyl (C=O) groups excluding carboxylic acids is 1. The number of anilines is 1. The molecule has 0 spiro atoms. The molecule has 0 saturated heterocycles. The fraction of sp³-hybridized carbons (Fsp3) is 0.130. The van der Waals surface area contributed by atoms with Crippen molar-refractivity contribution < 1.29 is 9.53 Å². The minimum absolute atomic E-state index is 0.112. The number of hydrogen-bond donors (Lipinski definition) is 0. The molecule has 0 unspecified atom stereocenters. The van der Waals surface area contributed by atoms with E-state index in [2.05, 4.69) is 0 Å². The average Bonchev–Trinajstić information content (AvgIpc) is 3.16. The lowest BCUT2D eigenvalue weighted by atomic mass is 10.1. The lowest BCUT2D eigenvalue weighted by Crippen LogP contribution is -2.30. The third kappa shape index (κ3) is 4.11. The molecule has 4 rings (SSSR count). The van der Waals surface area contributed by atoms with Crippen LogP contribution >= 0.6 is 22.9 Å². The van der Waals surface area contributed by atoms with Gasteiger partial charge in [-0.1, -0.05) is 53.3 Å². The van der Waals surface area contributed by atoms with Gasteiger partial charge in [-0.25, -0.2) is 4.98 Å². The Bertz CT molecular complexity index is 1160. The van der Waals surface area contributed by atoms with Gasteiger partial charge in [-0.05, 0) is 54.4 Å². The monoisotopic (exact) mass is 422 g/mol. The van der Waals surface area contributed by atoms with E-state index in [1.807, 2.05) is 49.4 Å².